The molecule has 5 aromatic rings. The van der Waals surface area contributed by atoms with Gasteiger partial charge in [-0.25, -0.2) is 9.66 Å². The van der Waals surface area contributed by atoms with E-state index in [0.717, 1.165) is 27.7 Å². The predicted molar refractivity (Wildman–Crippen MR) is 132 cm³/mol. The fourth-order valence-corrected chi connectivity index (χ4v) is 4.26. The Morgan fingerprint density at radius 3 is 2.71 bits per heavy atom. The van der Waals surface area contributed by atoms with Gasteiger partial charge in [0.15, 0.2) is 5.82 Å². The number of aryl methyl sites for hydroxylation is 1. The van der Waals surface area contributed by atoms with Gasteiger partial charge >= 0.3 is 0 Å². The number of amides is 1. The van der Waals surface area contributed by atoms with Gasteiger partial charge in [0.2, 0.25) is 11.1 Å². The summed E-state index contributed by atoms with van der Waals surface area (Å²) in [4.78, 5) is 17.1. The second-order valence-corrected chi connectivity index (χ2v) is 8.70. The molecule has 0 aliphatic heterocycles. The summed E-state index contributed by atoms with van der Waals surface area (Å²) in [7, 11) is 0. The molecule has 5 rings (SSSR count). The summed E-state index contributed by atoms with van der Waals surface area (Å²) in [6.45, 7) is 2.38. The number of fused-ring (bicyclic) bond motifs is 1. The molecular formula is C25H22N6O2S. The van der Waals surface area contributed by atoms with Gasteiger partial charge in [-0.3, -0.25) is 4.79 Å². The molecule has 0 aliphatic carbocycles. The molecule has 0 spiro atoms. The third-order valence-electron chi connectivity index (χ3n) is 5.34. The standard InChI is InChI=1S/C25H22N6O2S/c1-16-8-10-17(11-9-16)22-13-20(19-6-2-3-7-21(19)28-22)24-29-30-25(31(24)26)34-15-23(32)27-14-18-5-4-12-33-18/h2-13H,14-15,26H2,1H3,(H,27,32). The highest BCUT2D eigenvalue weighted by Gasteiger charge is 2.18. The molecule has 3 heterocycles. The normalized spacial score (nSPS) is 11.1. The van der Waals surface area contributed by atoms with Crippen LogP contribution in [0.25, 0.3) is 33.5 Å². The largest absolute Gasteiger partial charge is 0.467 e. The minimum Gasteiger partial charge on any atom is -0.467 e. The van der Waals surface area contributed by atoms with Crippen LogP contribution < -0.4 is 11.2 Å². The van der Waals surface area contributed by atoms with E-state index >= 15 is 0 Å². The van der Waals surface area contributed by atoms with E-state index in [1.165, 1.54) is 22.0 Å². The van der Waals surface area contributed by atoms with Crippen molar-refractivity contribution < 1.29 is 9.21 Å². The number of nitrogen functional groups attached to an aromatic ring is 1. The molecule has 3 N–H and O–H groups in total. The van der Waals surface area contributed by atoms with Crippen LogP contribution in [-0.4, -0.2) is 31.5 Å². The monoisotopic (exact) mass is 470 g/mol. The summed E-state index contributed by atoms with van der Waals surface area (Å²) >= 11 is 1.22. The molecule has 34 heavy (non-hydrogen) atoms. The Bertz CT molecular complexity index is 1440. The van der Waals surface area contributed by atoms with E-state index in [1.807, 2.05) is 42.5 Å². The fourth-order valence-electron chi connectivity index (χ4n) is 3.57. The Morgan fingerprint density at radius 1 is 1.09 bits per heavy atom. The predicted octanol–water partition coefficient (Wildman–Crippen LogP) is 4.18. The number of rotatable bonds is 7. The molecule has 1 amide bonds. The van der Waals surface area contributed by atoms with E-state index < -0.39 is 0 Å². The second-order valence-electron chi connectivity index (χ2n) is 7.76. The van der Waals surface area contributed by atoms with E-state index in [2.05, 4.69) is 34.6 Å². The molecule has 0 saturated carbocycles. The molecule has 0 radical (unpaired) electrons. The highest BCUT2D eigenvalue weighted by molar-refractivity contribution is 7.99. The molecule has 0 fully saturated rings. The van der Waals surface area contributed by atoms with Crippen molar-refractivity contribution in [1.82, 2.24) is 25.2 Å². The molecule has 2 aromatic carbocycles. The maximum Gasteiger partial charge on any atom is 0.230 e. The number of aromatic nitrogens is 4. The molecule has 0 atom stereocenters. The molecule has 0 bridgehead atoms. The van der Waals surface area contributed by atoms with Crippen molar-refractivity contribution in [2.24, 2.45) is 0 Å². The molecular weight excluding hydrogens is 448 g/mol. The maximum absolute atomic E-state index is 12.2. The minimum atomic E-state index is -0.151. The number of pyridine rings is 1. The number of carbonyl (C=O) groups is 1. The Hall–Kier alpha value is -4.11. The molecule has 170 valence electrons. The van der Waals surface area contributed by atoms with Gasteiger partial charge in [-0.1, -0.05) is 59.8 Å². The van der Waals surface area contributed by atoms with Gasteiger partial charge in [0.1, 0.15) is 5.76 Å². The van der Waals surface area contributed by atoms with Gasteiger partial charge in [0, 0.05) is 16.5 Å². The third-order valence-corrected chi connectivity index (χ3v) is 6.28. The average molecular weight is 471 g/mol. The quantitative estimate of drug-likeness (QED) is 0.271. The van der Waals surface area contributed by atoms with Crippen LogP contribution in [0.4, 0.5) is 0 Å². The number of hydrogen-bond acceptors (Lipinski definition) is 7. The van der Waals surface area contributed by atoms with Crippen LogP contribution in [0.5, 0.6) is 0 Å². The summed E-state index contributed by atoms with van der Waals surface area (Å²) < 4.78 is 6.65. The summed E-state index contributed by atoms with van der Waals surface area (Å²) in [5.74, 6) is 7.58. The zero-order valence-corrected chi connectivity index (χ0v) is 19.2. The van der Waals surface area contributed by atoms with Crippen molar-refractivity contribution in [3.8, 4) is 22.6 Å². The molecule has 3 aromatic heterocycles. The Labute approximate surface area is 200 Å². The van der Waals surface area contributed by atoms with E-state index in [1.54, 1.807) is 18.4 Å². The number of carbonyl (C=O) groups excluding carboxylic acids is 1. The minimum absolute atomic E-state index is 0.151. The first-order valence-corrected chi connectivity index (χ1v) is 11.7. The summed E-state index contributed by atoms with van der Waals surface area (Å²) in [6, 6.07) is 21.6. The highest BCUT2D eigenvalue weighted by Crippen LogP contribution is 2.32. The van der Waals surface area contributed by atoms with Gasteiger partial charge in [0.25, 0.3) is 0 Å². The molecule has 0 saturated heterocycles. The number of hydrogen-bond donors (Lipinski definition) is 2. The number of nitrogens with two attached hydrogens (primary N) is 1. The van der Waals surface area contributed by atoms with Crippen molar-refractivity contribution >= 4 is 28.6 Å². The molecule has 0 aliphatic rings. The maximum atomic E-state index is 12.2. The molecule has 0 unspecified atom stereocenters. The van der Waals surface area contributed by atoms with E-state index in [-0.39, 0.29) is 11.7 Å². The smallest absolute Gasteiger partial charge is 0.230 e. The first-order chi connectivity index (χ1) is 16.6. The Kier molecular flexibility index (Phi) is 6.01. The van der Waals surface area contributed by atoms with Crippen LogP contribution in [0.3, 0.4) is 0 Å². The number of nitrogens with one attached hydrogen (secondary N) is 1. The van der Waals surface area contributed by atoms with Crippen molar-refractivity contribution in [3.05, 3.63) is 84.3 Å². The van der Waals surface area contributed by atoms with Crippen molar-refractivity contribution in [2.75, 3.05) is 11.6 Å². The highest BCUT2D eigenvalue weighted by atomic mass is 32.2. The first kappa shape index (κ1) is 21.7. The lowest BCUT2D eigenvalue weighted by atomic mass is 10.0. The summed E-state index contributed by atoms with van der Waals surface area (Å²) in [5.41, 5.74) is 4.67. The van der Waals surface area contributed by atoms with E-state index in [0.29, 0.717) is 23.3 Å². The Balaban J connectivity index is 1.41. The SMILES string of the molecule is Cc1ccc(-c2cc(-c3nnc(SCC(=O)NCc4ccco4)n3N)c3ccccc3n2)cc1. The first-order valence-electron chi connectivity index (χ1n) is 10.7. The second kappa shape index (κ2) is 9.40. The number of para-hydroxylation sites is 1. The van der Waals surface area contributed by atoms with Crippen molar-refractivity contribution in [2.45, 2.75) is 18.6 Å². The molecule has 8 nitrogen and oxygen atoms in total. The number of thioether (sulfide) groups is 1. The number of furan rings is 1. The van der Waals surface area contributed by atoms with Gasteiger partial charge in [-0.15, -0.1) is 10.2 Å². The molecule has 9 heteroatoms. The van der Waals surface area contributed by atoms with Gasteiger partial charge in [-0.2, -0.15) is 0 Å². The summed E-state index contributed by atoms with van der Waals surface area (Å²) in [5, 5.41) is 12.7. The zero-order valence-electron chi connectivity index (χ0n) is 18.4. The fraction of sp³-hybridized carbons (Fsp3) is 0.120. The Morgan fingerprint density at radius 2 is 1.91 bits per heavy atom. The van der Waals surface area contributed by atoms with Gasteiger partial charge in [-0.05, 0) is 31.2 Å². The number of benzene rings is 2. The van der Waals surface area contributed by atoms with Gasteiger partial charge in [0.05, 0.1) is 29.8 Å². The van der Waals surface area contributed by atoms with E-state index in [9.17, 15) is 4.79 Å². The van der Waals surface area contributed by atoms with Crippen molar-refractivity contribution in [3.63, 3.8) is 0 Å². The zero-order chi connectivity index (χ0) is 23.5. The summed E-state index contributed by atoms with van der Waals surface area (Å²) in [6.07, 6.45) is 1.57. The van der Waals surface area contributed by atoms with Crippen LogP contribution in [0, 0.1) is 6.92 Å². The third kappa shape index (κ3) is 4.51. The average Bonchev–Trinajstić information content (AvgIpc) is 3.51. The number of nitrogens with zero attached hydrogens (tertiary/aromatic N) is 4. The topological polar surface area (TPSA) is 112 Å². The lowest BCUT2D eigenvalue weighted by Crippen LogP contribution is -2.24. The van der Waals surface area contributed by atoms with E-state index in [4.69, 9.17) is 15.2 Å². The van der Waals surface area contributed by atoms with Crippen LogP contribution >= 0.6 is 11.8 Å². The lowest BCUT2D eigenvalue weighted by Gasteiger charge is -2.10. The lowest BCUT2D eigenvalue weighted by molar-refractivity contribution is -0.118. The van der Waals surface area contributed by atoms with Gasteiger partial charge < -0.3 is 15.6 Å². The van der Waals surface area contributed by atoms with Crippen LogP contribution in [-0.2, 0) is 11.3 Å². The van der Waals surface area contributed by atoms with Crippen LogP contribution in [0.1, 0.15) is 11.3 Å². The van der Waals surface area contributed by atoms with Crippen LogP contribution in [0.15, 0.2) is 82.6 Å². The van der Waals surface area contributed by atoms with Crippen LogP contribution in [0.2, 0.25) is 0 Å². The van der Waals surface area contributed by atoms with Crippen molar-refractivity contribution in [1.29, 1.82) is 0 Å².